The van der Waals surface area contributed by atoms with Crippen molar-refractivity contribution in [3.8, 4) is 56.9 Å². The number of aldehydes is 1. The Morgan fingerprint density at radius 1 is 0.433 bits per heavy atom. The van der Waals surface area contributed by atoms with Crippen LogP contribution in [0.25, 0.3) is 33.4 Å². The van der Waals surface area contributed by atoms with Gasteiger partial charge in [-0.2, -0.15) is 0 Å². The minimum absolute atomic E-state index is 0.0453. The van der Waals surface area contributed by atoms with Gasteiger partial charge in [-0.1, -0.05) is 83.7 Å². The molecule has 0 bridgehead atoms. The molecule has 7 aromatic rings. The van der Waals surface area contributed by atoms with Crippen LogP contribution in [-0.2, 0) is 85.6 Å². The number of fused-ring (bicyclic) bond motifs is 7. The third-order valence-corrected chi connectivity index (χ3v) is 23.4. The van der Waals surface area contributed by atoms with Crippen LogP contribution in [0.5, 0.6) is 34.5 Å². The predicted octanol–water partition coefficient (Wildman–Crippen LogP) is 14.5. The van der Waals surface area contributed by atoms with Gasteiger partial charge >= 0.3 is 23.9 Å². The van der Waals surface area contributed by atoms with E-state index >= 15 is 0 Å². The zero-order chi connectivity index (χ0) is 102. The average Bonchev–Trinajstić information content (AvgIpc) is 0.755. The Balaban J connectivity index is 0.000000212. The smallest absolute Gasteiger partial charge is 0.325 e. The fourth-order valence-corrected chi connectivity index (χ4v) is 15.2. The molecule has 2 N–H and O–H groups in total. The zero-order valence-electron chi connectivity index (χ0n) is 81.9. The summed E-state index contributed by atoms with van der Waals surface area (Å²) in [5.74, 6) is 1.12. The van der Waals surface area contributed by atoms with Gasteiger partial charge in [-0.25, -0.2) is 0 Å². The SMILES string of the molecule is CCC(=O)O.CCN=c1ccc2c(-c3ccc4c(c3)OCCOCCOCCOCCN4CC(=O)OC)c3ccc(N(C)C)cc3oc-2c1.CN(C)c1cccc(O)c1.COC(=O)CN1CCOCCOCCOCCOc2cc(C3c4ccc(N(C)C)cc4Oc4cc(N(C)C)ccc43)ccc21.COC(=O)CN1CCOCCOCCOCCOc2cc(C=O)ccc21.O=C1C(Cl)=C(Cl)C(=O)C(Cl)=C1Cl. The van der Waals surface area contributed by atoms with Crippen molar-refractivity contribution < 1.29 is 124 Å². The third kappa shape index (κ3) is 34.4. The first-order chi connectivity index (χ1) is 68.0. The van der Waals surface area contributed by atoms with E-state index in [9.17, 15) is 33.6 Å². The number of hydrogen-bond acceptors (Lipinski definition) is 33. The maximum atomic E-state index is 12.4. The second-order valence-corrected chi connectivity index (χ2v) is 33.9. The summed E-state index contributed by atoms with van der Waals surface area (Å²) in [5.41, 5.74) is 13.8. The summed E-state index contributed by atoms with van der Waals surface area (Å²) < 4.78 is 96.9. The van der Waals surface area contributed by atoms with E-state index < -0.39 is 37.7 Å². The van der Waals surface area contributed by atoms with E-state index in [1.54, 1.807) is 42.2 Å². The fourth-order valence-electron chi connectivity index (χ4n) is 14.4. The van der Waals surface area contributed by atoms with Crippen molar-refractivity contribution in [3.05, 3.63) is 199 Å². The molecule has 7 aromatic carbocycles. The van der Waals surface area contributed by atoms with Gasteiger partial charge in [-0.3, -0.25) is 38.6 Å². The van der Waals surface area contributed by atoms with Crippen molar-refractivity contribution in [2.75, 3.05) is 297 Å². The minimum Gasteiger partial charge on any atom is -0.508 e. The first kappa shape index (κ1) is 113. The number of carboxylic acids is 1. The number of phenols is 1. The lowest BCUT2D eigenvalue weighted by Crippen LogP contribution is -2.34. The molecule has 5 aliphatic heterocycles. The van der Waals surface area contributed by atoms with Gasteiger partial charge in [-0.15, -0.1) is 0 Å². The number of carboxylic acid groups (broad SMARTS) is 1. The molecular weight excluding hydrogens is 1910 g/mol. The van der Waals surface area contributed by atoms with Gasteiger partial charge in [-0.05, 0) is 109 Å². The quantitative estimate of drug-likeness (QED) is 0.0316. The largest absolute Gasteiger partial charge is 0.508 e. The highest BCUT2D eigenvalue weighted by molar-refractivity contribution is 6.69. The summed E-state index contributed by atoms with van der Waals surface area (Å²) in [6.45, 7) is 15.0. The van der Waals surface area contributed by atoms with Crippen molar-refractivity contribution in [3.63, 3.8) is 0 Å². The first-order valence-corrected chi connectivity index (χ1v) is 47.3. The number of ketones is 2. The van der Waals surface area contributed by atoms with E-state index in [4.69, 9.17) is 137 Å². The molecule has 0 aromatic heterocycles. The second kappa shape index (κ2) is 59.0. The Kier molecular flexibility index (Phi) is 47.2. The highest BCUT2D eigenvalue weighted by atomic mass is 35.5. The molecule has 14 rings (SSSR count). The molecule has 38 heteroatoms. The Morgan fingerprint density at radius 3 is 1.21 bits per heavy atom. The molecule has 34 nitrogen and oxygen atoms in total. The van der Waals surface area contributed by atoms with Crippen LogP contribution in [-0.4, -0.2) is 314 Å². The third-order valence-electron chi connectivity index (χ3n) is 21.8. The first-order valence-electron chi connectivity index (χ1n) is 45.8. The van der Waals surface area contributed by atoms with Gasteiger partial charge < -0.3 is 125 Å². The number of aliphatic carboxylic acids is 1. The molecule has 0 radical (unpaired) electrons. The van der Waals surface area contributed by atoms with Gasteiger partial charge in [0, 0.05) is 181 Å². The maximum Gasteiger partial charge on any atom is 0.325 e. The molecular formula is C103H126Cl4N8O26. The van der Waals surface area contributed by atoms with E-state index in [-0.39, 0.29) is 49.9 Å². The van der Waals surface area contributed by atoms with Crippen molar-refractivity contribution >= 4 is 139 Å². The Bertz CT molecular complexity index is 5600. The van der Waals surface area contributed by atoms with Crippen LogP contribution >= 0.6 is 46.4 Å². The summed E-state index contributed by atoms with van der Waals surface area (Å²) in [6.07, 6.45) is 0.973. The molecule has 0 saturated carbocycles. The van der Waals surface area contributed by atoms with Crippen LogP contribution in [0.1, 0.15) is 53.2 Å². The highest BCUT2D eigenvalue weighted by Gasteiger charge is 2.34. The average molecular weight is 2030 g/mol. The molecule has 762 valence electrons. The van der Waals surface area contributed by atoms with E-state index in [0.717, 1.165) is 107 Å². The monoisotopic (exact) mass is 2030 g/mol. The van der Waals surface area contributed by atoms with Crippen LogP contribution in [0.3, 0.4) is 0 Å². The number of nitrogens with zero attached hydrogens (tertiary/aromatic N) is 8. The number of carbonyl (C=O) groups excluding carboxylic acids is 6. The summed E-state index contributed by atoms with van der Waals surface area (Å²) in [4.78, 5) is 97.5. The summed E-state index contributed by atoms with van der Waals surface area (Å²) in [5, 5.41) is 17.0. The Labute approximate surface area is 842 Å². The molecule has 0 atom stereocenters. The summed E-state index contributed by atoms with van der Waals surface area (Å²) in [7, 11) is 20.1. The van der Waals surface area contributed by atoms with Gasteiger partial charge in [0.2, 0.25) is 11.6 Å². The molecule has 141 heavy (non-hydrogen) atoms. The lowest BCUT2D eigenvalue weighted by molar-refractivity contribution is -0.139. The lowest BCUT2D eigenvalue weighted by Gasteiger charge is -2.32. The molecule has 0 unspecified atom stereocenters. The summed E-state index contributed by atoms with van der Waals surface area (Å²) in [6, 6.07) is 49.5. The molecule has 5 heterocycles. The predicted molar refractivity (Wildman–Crippen MR) is 544 cm³/mol. The van der Waals surface area contributed by atoms with Gasteiger partial charge in [0.25, 0.3) is 0 Å². The molecule has 0 saturated heterocycles. The number of methoxy groups -OCH3 is 3. The minimum atomic E-state index is -0.745. The molecule has 0 amide bonds. The highest BCUT2D eigenvalue weighted by Crippen LogP contribution is 2.51. The maximum absolute atomic E-state index is 12.4. The molecule has 0 spiro atoms. The Hall–Kier alpha value is -12.0. The molecule has 7 aliphatic rings. The number of hydrogen-bond donors (Lipinski definition) is 2. The van der Waals surface area contributed by atoms with Crippen molar-refractivity contribution in [1.82, 2.24) is 0 Å². The number of benzene rings is 8. The van der Waals surface area contributed by atoms with Crippen molar-refractivity contribution in [1.29, 1.82) is 0 Å². The van der Waals surface area contributed by atoms with Crippen LogP contribution in [0.2, 0.25) is 0 Å². The number of phenolic OH excluding ortho intramolecular Hbond substituents is 1. The number of halogens is 4. The van der Waals surface area contributed by atoms with Gasteiger partial charge in [0.15, 0.2) is 0 Å². The lowest BCUT2D eigenvalue weighted by atomic mass is 9.82. The van der Waals surface area contributed by atoms with Crippen LogP contribution < -0.4 is 58.6 Å². The zero-order valence-corrected chi connectivity index (χ0v) is 84.9. The standard InChI is InChI=1S/C34H43N3O7.C34H41N3O7.C18H25NO7.C8H11NO.C6Cl4O2.C3H6O2/c1-35(2)25-7-9-27-30(21-25)44-31-22-26(36(3)4)8-10-28(31)34(27)24-6-11-29-32(20-24)43-19-18-42-17-16-41-15-14-40-13-12-37(29)23-33(38)39-5;1-5-35-25-7-9-27-30(21-25)44-31-22-26(36(2)3)8-10-28(31)34(27)24-6-11-29-32(20-24)43-19-18-42-17-16-41-15-14-40-13-12-37(29)23-33(38)39-4;1-22-18(21)13-19-4-5-23-6-7-24-8-9-25-10-11-26-17-12-15(14-20)2-3-16(17)19;1-9(2)7-4-3-5-8(10)6-7;7-1-2(8)6(12)4(10)3(9)5(1)11;1-2-3(4)5/h6-11,20-22,34H,12-19,23H2,1-5H3;6-11,20-22H,5,12-19,23H2,1-4H3;2-3,12,14H,4-11,13H2,1H3;3-6,10H,1-2H3;;2H2,1H3,(H,4,5). The Morgan fingerprint density at radius 2 is 0.816 bits per heavy atom. The molecule has 2 aliphatic carbocycles. The van der Waals surface area contributed by atoms with Gasteiger partial charge in [0.05, 0.1) is 163 Å². The van der Waals surface area contributed by atoms with E-state index in [1.165, 1.54) is 21.3 Å². The number of rotatable bonds is 15. The van der Waals surface area contributed by atoms with Crippen LogP contribution in [0.15, 0.2) is 181 Å². The number of esters is 3. The summed E-state index contributed by atoms with van der Waals surface area (Å²) >= 11 is 21.5. The normalized spacial score (nSPS) is 15.7. The van der Waals surface area contributed by atoms with E-state index in [0.29, 0.717) is 199 Å². The number of carbonyl (C=O) groups is 7. The van der Waals surface area contributed by atoms with Crippen molar-refractivity contribution in [2.24, 2.45) is 4.99 Å². The van der Waals surface area contributed by atoms with E-state index in [1.807, 2.05) is 120 Å². The topological polar surface area (TPSA) is 356 Å². The number of anilines is 7. The van der Waals surface area contributed by atoms with Crippen LogP contribution in [0.4, 0.5) is 39.8 Å². The van der Waals surface area contributed by atoms with E-state index in [2.05, 4.69) is 98.6 Å². The van der Waals surface area contributed by atoms with Crippen molar-refractivity contribution in [2.45, 2.75) is 26.2 Å². The fraction of sp³-hybridized carbons (Fsp3) is 0.417. The van der Waals surface area contributed by atoms with Gasteiger partial charge in [0.1, 0.15) is 112 Å². The second-order valence-electron chi connectivity index (χ2n) is 32.4. The number of ether oxygens (including phenoxy) is 16. The molecule has 0 fully saturated rings. The number of allylic oxidation sites excluding steroid dienone is 4. The number of aromatic hydroxyl groups is 1. The van der Waals surface area contributed by atoms with Crippen LogP contribution in [0, 0.1) is 0 Å². The number of Topliss-reactive ketones (excluding diaryl/α,β-unsaturated/α-hetero) is 2.